The predicted molar refractivity (Wildman–Crippen MR) is 103 cm³/mol. The highest BCUT2D eigenvalue weighted by Gasteiger charge is 2.36. The first-order chi connectivity index (χ1) is 13.2. The van der Waals surface area contributed by atoms with Crippen molar-refractivity contribution in [3.05, 3.63) is 64.5 Å². The van der Waals surface area contributed by atoms with E-state index in [9.17, 15) is 4.79 Å². The summed E-state index contributed by atoms with van der Waals surface area (Å²) in [6.45, 7) is 0.517. The van der Waals surface area contributed by atoms with Gasteiger partial charge in [0, 0.05) is 17.4 Å². The molecule has 0 N–H and O–H groups in total. The van der Waals surface area contributed by atoms with E-state index in [0.29, 0.717) is 36.9 Å². The summed E-state index contributed by atoms with van der Waals surface area (Å²) >= 11 is 3.43. The van der Waals surface area contributed by atoms with Crippen LogP contribution in [0.3, 0.4) is 0 Å². The van der Waals surface area contributed by atoms with Crippen molar-refractivity contribution >= 4 is 21.8 Å². The number of likely N-dealkylation sites (tertiary alicyclic amines) is 1. The summed E-state index contributed by atoms with van der Waals surface area (Å²) in [6.07, 6.45) is 1.15. The fraction of sp³-hybridized carbons (Fsp3) is 0.250. The molecule has 6 nitrogen and oxygen atoms in total. The molecule has 1 aliphatic heterocycles. The van der Waals surface area contributed by atoms with Crippen LogP contribution in [0.5, 0.6) is 5.75 Å². The molecule has 7 heteroatoms. The van der Waals surface area contributed by atoms with Gasteiger partial charge in [0.05, 0.1) is 12.7 Å². The van der Waals surface area contributed by atoms with Crippen LogP contribution >= 0.6 is 15.9 Å². The molecule has 138 valence electrons. The minimum Gasteiger partial charge on any atom is -0.496 e. The molecule has 2 aromatic carbocycles. The molecular weight excluding hydrogens is 410 g/mol. The van der Waals surface area contributed by atoms with E-state index in [1.807, 2.05) is 53.4 Å². The van der Waals surface area contributed by atoms with E-state index in [-0.39, 0.29) is 11.9 Å². The van der Waals surface area contributed by atoms with Crippen molar-refractivity contribution in [3.63, 3.8) is 0 Å². The fourth-order valence-corrected chi connectivity index (χ4v) is 3.55. The second-order valence-electron chi connectivity index (χ2n) is 6.36. The van der Waals surface area contributed by atoms with Crippen LogP contribution < -0.4 is 4.74 Å². The van der Waals surface area contributed by atoms with Crippen molar-refractivity contribution in [2.24, 2.45) is 0 Å². The Bertz CT molecular complexity index is 955. The van der Waals surface area contributed by atoms with Crippen LogP contribution in [0.1, 0.15) is 30.3 Å². The van der Waals surface area contributed by atoms with Crippen LogP contribution in [0.25, 0.3) is 11.4 Å². The highest BCUT2D eigenvalue weighted by Crippen LogP contribution is 2.35. The summed E-state index contributed by atoms with van der Waals surface area (Å²) in [5.74, 6) is 1.70. The Morgan fingerprint density at radius 2 is 2.00 bits per heavy atom. The summed E-state index contributed by atoms with van der Waals surface area (Å²) in [6, 6.07) is 15.2. The van der Waals surface area contributed by atoms with Crippen molar-refractivity contribution in [3.8, 4) is 17.1 Å². The first-order valence-corrected chi connectivity index (χ1v) is 9.46. The predicted octanol–water partition coefficient (Wildman–Crippen LogP) is 4.37. The smallest absolute Gasteiger partial charge is 0.249 e. The van der Waals surface area contributed by atoms with Gasteiger partial charge in [-0.1, -0.05) is 45.4 Å². The second-order valence-corrected chi connectivity index (χ2v) is 7.27. The molecular formula is C20H18BrN3O3. The van der Waals surface area contributed by atoms with Crippen molar-refractivity contribution in [2.75, 3.05) is 7.11 Å². The van der Waals surface area contributed by atoms with Gasteiger partial charge in [-0.25, -0.2) is 0 Å². The van der Waals surface area contributed by atoms with Crippen LogP contribution in [-0.2, 0) is 11.3 Å². The molecule has 1 amide bonds. The first kappa shape index (κ1) is 17.7. The maximum atomic E-state index is 12.4. The van der Waals surface area contributed by atoms with Gasteiger partial charge in [0.15, 0.2) is 0 Å². The number of amides is 1. The van der Waals surface area contributed by atoms with E-state index in [0.717, 1.165) is 15.6 Å². The highest BCUT2D eigenvalue weighted by molar-refractivity contribution is 9.10. The monoisotopic (exact) mass is 427 g/mol. The zero-order valence-electron chi connectivity index (χ0n) is 14.8. The molecule has 0 spiro atoms. The number of methoxy groups -OCH3 is 1. The minimum atomic E-state index is -0.211. The molecule has 2 heterocycles. The van der Waals surface area contributed by atoms with Gasteiger partial charge in [-0.3, -0.25) is 4.79 Å². The zero-order valence-corrected chi connectivity index (χ0v) is 16.3. The maximum absolute atomic E-state index is 12.4. The van der Waals surface area contributed by atoms with Gasteiger partial charge < -0.3 is 14.2 Å². The van der Waals surface area contributed by atoms with Crippen LogP contribution in [0, 0.1) is 0 Å². The third-order valence-electron chi connectivity index (χ3n) is 4.67. The molecule has 0 saturated carbocycles. The molecule has 3 aromatic rings. The summed E-state index contributed by atoms with van der Waals surface area (Å²) < 4.78 is 11.9. The number of carbonyl (C=O) groups excluding carboxylic acids is 1. The van der Waals surface area contributed by atoms with Crippen LogP contribution in [0.2, 0.25) is 0 Å². The van der Waals surface area contributed by atoms with Crippen LogP contribution in [-0.4, -0.2) is 28.1 Å². The lowest BCUT2D eigenvalue weighted by atomic mass is 10.1. The summed E-state index contributed by atoms with van der Waals surface area (Å²) in [5.41, 5.74) is 1.82. The normalized spacial score (nSPS) is 16.7. The zero-order chi connectivity index (χ0) is 18.8. The minimum absolute atomic E-state index is 0.0972. The topological polar surface area (TPSA) is 68.5 Å². The number of para-hydroxylation sites is 1. The van der Waals surface area contributed by atoms with Gasteiger partial charge in [-0.05, 0) is 36.2 Å². The molecule has 1 fully saturated rings. The number of nitrogens with zero attached hydrogens (tertiary/aromatic N) is 3. The van der Waals surface area contributed by atoms with E-state index in [2.05, 4.69) is 26.1 Å². The number of carbonyl (C=O) groups is 1. The highest BCUT2D eigenvalue weighted by atomic mass is 79.9. The maximum Gasteiger partial charge on any atom is 0.249 e. The fourth-order valence-electron chi connectivity index (χ4n) is 3.28. The van der Waals surface area contributed by atoms with E-state index in [1.165, 1.54) is 0 Å². The lowest BCUT2D eigenvalue weighted by molar-refractivity contribution is -0.129. The van der Waals surface area contributed by atoms with Gasteiger partial charge in [-0.15, -0.1) is 0 Å². The van der Waals surface area contributed by atoms with Gasteiger partial charge in [0.25, 0.3) is 0 Å². The number of hydrogen-bond donors (Lipinski definition) is 0. The Kier molecular flexibility index (Phi) is 4.94. The second kappa shape index (κ2) is 7.52. The van der Waals surface area contributed by atoms with Crippen molar-refractivity contribution < 1.29 is 14.1 Å². The largest absolute Gasteiger partial charge is 0.496 e. The number of ether oxygens (including phenoxy) is 1. The summed E-state index contributed by atoms with van der Waals surface area (Å²) in [7, 11) is 1.61. The Morgan fingerprint density at radius 3 is 2.78 bits per heavy atom. The molecule has 0 aliphatic carbocycles. The molecule has 1 unspecified atom stereocenters. The van der Waals surface area contributed by atoms with E-state index < -0.39 is 0 Å². The van der Waals surface area contributed by atoms with Crippen LogP contribution in [0.4, 0.5) is 0 Å². The molecule has 27 heavy (non-hydrogen) atoms. The molecule has 1 atom stereocenters. The molecule has 1 aromatic heterocycles. The van der Waals surface area contributed by atoms with E-state index >= 15 is 0 Å². The lowest BCUT2D eigenvalue weighted by Crippen LogP contribution is -2.27. The Labute approximate surface area is 165 Å². The lowest BCUT2D eigenvalue weighted by Gasteiger charge is -2.22. The molecule has 4 rings (SSSR count). The SMILES string of the molecule is COc1ccccc1-c1noc(C2CCC(=O)N2Cc2ccc(Br)cc2)n1. The standard InChI is InChI=1S/C20H18BrN3O3/c1-26-17-5-3-2-4-15(17)19-22-20(27-23-19)16-10-11-18(25)24(16)12-13-6-8-14(21)9-7-13/h2-9,16H,10-12H2,1H3. The van der Waals surface area contributed by atoms with E-state index in [4.69, 9.17) is 9.26 Å². The van der Waals surface area contributed by atoms with Crippen molar-refractivity contribution in [1.29, 1.82) is 0 Å². The molecule has 1 saturated heterocycles. The van der Waals surface area contributed by atoms with Gasteiger partial charge in [-0.2, -0.15) is 4.98 Å². The number of hydrogen-bond acceptors (Lipinski definition) is 5. The van der Waals surface area contributed by atoms with Gasteiger partial charge in [0.2, 0.25) is 17.6 Å². The Balaban J connectivity index is 1.59. The third-order valence-corrected chi connectivity index (χ3v) is 5.20. The van der Waals surface area contributed by atoms with Gasteiger partial charge in [0.1, 0.15) is 11.8 Å². The first-order valence-electron chi connectivity index (χ1n) is 8.66. The number of rotatable bonds is 5. The Morgan fingerprint density at radius 1 is 1.22 bits per heavy atom. The summed E-state index contributed by atoms with van der Waals surface area (Å²) in [5, 5.41) is 4.11. The number of halogens is 1. The van der Waals surface area contributed by atoms with Crippen molar-refractivity contribution in [2.45, 2.75) is 25.4 Å². The quantitative estimate of drug-likeness (QED) is 0.604. The average molecular weight is 428 g/mol. The summed E-state index contributed by atoms with van der Waals surface area (Å²) in [4.78, 5) is 18.8. The molecule has 0 radical (unpaired) electrons. The third kappa shape index (κ3) is 3.60. The Hall–Kier alpha value is -2.67. The van der Waals surface area contributed by atoms with E-state index in [1.54, 1.807) is 7.11 Å². The van der Waals surface area contributed by atoms with Gasteiger partial charge >= 0.3 is 0 Å². The number of benzene rings is 2. The molecule has 1 aliphatic rings. The van der Waals surface area contributed by atoms with Crippen molar-refractivity contribution in [1.82, 2.24) is 15.0 Å². The van der Waals surface area contributed by atoms with Crippen LogP contribution in [0.15, 0.2) is 57.5 Å². The average Bonchev–Trinajstić information content (AvgIpc) is 3.31. The number of aromatic nitrogens is 2. The molecule has 0 bridgehead atoms.